The van der Waals surface area contributed by atoms with Gasteiger partial charge < -0.3 is 5.32 Å². The largest absolute Gasteiger partial charge is 0.349 e. The molecular weight excluding hydrogens is 426 g/mol. The van der Waals surface area contributed by atoms with Crippen molar-refractivity contribution in [3.8, 4) is 0 Å². The maximum Gasteiger partial charge on any atom is 0.220 e. The third kappa shape index (κ3) is 9.94. The van der Waals surface area contributed by atoms with Gasteiger partial charge in [0.1, 0.15) is 0 Å². The summed E-state index contributed by atoms with van der Waals surface area (Å²) in [5.41, 5.74) is 6.05. The van der Waals surface area contributed by atoms with Crippen LogP contribution < -0.4 is 5.32 Å². The number of unbranched alkanes of at least 4 members (excludes halogenated alkanes) is 5. The first kappa shape index (κ1) is 26.5. The number of carbonyl (C=O) groups excluding carboxylic acids is 1. The van der Waals surface area contributed by atoms with Crippen molar-refractivity contribution in [2.45, 2.75) is 77.7 Å². The first-order valence-corrected chi connectivity index (χ1v) is 13.3. The second-order valence-corrected chi connectivity index (χ2v) is 9.57. The van der Waals surface area contributed by atoms with E-state index in [2.05, 4.69) is 92.0 Å². The summed E-state index contributed by atoms with van der Waals surface area (Å²) in [6.07, 6.45) is 14.3. The van der Waals surface area contributed by atoms with Crippen molar-refractivity contribution in [3.05, 3.63) is 113 Å². The summed E-state index contributed by atoms with van der Waals surface area (Å²) in [4.78, 5) is 12.9. The third-order valence-corrected chi connectivity index (χ3v) is 6.50. The highest BCUT2D eigenvalue weighted by Gasteiger charge is 2.15. The Morgan fingerprint density at radius 2 is 1.51 bits per heavy atom. The monoisotopic (exact) mass is 467 g/mol. The maximum atomic E-state index is 12.9. The van der Waals surface area contributed by atoms with Crippen LogP contribution >= 0.6 is 0 Å². The number of carbonyl (C=O) groups is 1. The van der Waals surface area contributed by atoms with E-state index in [-0.39, 0.29) is 11.9 Å². The molecule has 1 atom stereocenters. The van der Waals surface area contributed by atoms with Gasteiger partial charge in [0, 0.05) is 6.42 Å². The summed E-state index contributed by atoms with van der Waals surface area (Å²) in [5.74, 6) is 0.0954. The number of nitrogens with one attached hydrogen (secondary N) is 1. The summed E-state index contributed by atoms with van der Waals surface area (Å²) in [6, 6.07) is 27.4. The van der Waals surface area contributed by atoms with Gasteiger partial charge in [-0.05, 0) is 54.9 Å². The van der Waals surface area contributed by atoms with Crippen molar-refractivity contribution < 1.29 is 4.79 Å². The van der Waals surface area contributed by atoms with E-state index < -0.39 is 0 Å². The predicted octanol–water partition coefficient (Wildman–Crippen LogP) is 8.40. The van der Waals surface area contributed by atoms with Crippen LogP contribution in [0.2, 0.25) is 0 Å². The first-order chi connectivity index (χ1) is 17.1. The van der Waals surface area contributed by atoms with Crippen molar-refractivity contribution in [1.29, 1.82) is 0 Å². The number of amides is 1. The highest BCUT2D eigenvalue weighted by Crippen LogP contribution is 2.19. The van der Waals surface area contributed by atoms with Crippen LogP contribution in [0.15, 0.2) is 84.9 Å². The highest BCUT2D eigenvalue weighted by atomic mass is 16.1. The standard InChI is InChI=1S/C33H41NO/c1-3-4-5-6-7-8-10-13-28-20-22-29(23-21-28)24-25-33(35)34-32(31-14-11-9-12-15-31)26-30-18-16-27(2)17-19-30/h9-23,32H,3-8,24-26H2,1-2H3,(H,34,35). The van der Waals surface area contributed by atoms with E-state index in [9.17, 15) is 4.79 Å². The molecule has 0 aromatic heterocycles. The van der Waals surface area contributed by atoms with Gasteiger partial charge in [-0.25, -0.2) is 0 Å². The van der Waals surface area contributed by atoms with Crippen LogP contribution in [0.1, 0.15) is 85.7 Å². The Kier molecular flexibility index (Phi) is 11.3. The van der Waals surface area contributed by atoms with Crippen LogP contribution in [0.3, 0.4) is 0 Å². The molecule has 3 aromatic carbocycles. The van der Waals surface area contributed by atoms with Gasteiger partial charge in [-0.1, -0.05) is 129 Å². The molecule has 184 valence electrons. The topological polar surface area (TPSA) is 29.1 Å². The number of aryl methyl sites for hydroxylation is 2. The van der Waals surface area contributed by atoms with Crippen LogP contribution in [0.5, 0.6) is 0 Å². The zero-order valence-electron chi connectivity index (χ0n) is 21.5. The minimum atomic E-state index is -0.0270. The van der Waals surface area contributed by atoms with Gasteiger partial charge in [0.2, 0.25) is 5.91 Å². The Hall–Kier alpha value is -3.13. The quantitative estimate of drug-likeness (QED) is 0.237. The molecule has 0 aliphatic rings. The Labute approximate surface area is 212 Å². The molecule has 0 fully saturated rings. The molecule has 0 aliphatic carbocycles. The predicted molar refractivity (Wildman–Crippen MR) is 149 cm³/mol. The zero-order chi connectivity index (χ0) is 24.7. The molecule has 0 heterocycles. The molecular formula is C33H41NO. The lowest BCUT2D eigenvalue weighted by Crippen LogP contribution is -2.30. The molecule has 2 heteroatoms. The molecule has 35 heavy (non-hydrogen) atoms. The van der Waals surface area contributed by atoms with E-state index in [0.717, 1.165) is 24.8 Å². The molecule has 3 aromatic rings. The molecule has 1 N–H and O–H groups in total. The van der Waals surface area contributed by atoms with E-state index in [0.29, 0.717) is 6.42 Å². The molecule has 0 saturated carbocycles. The van der Waals surface area contributed by atoms with Crippen LogP contribution in [-0.4, -0.2) is 5.91 Å². The van der Waals surface area contributed by atoms with Crippen LogP contribution in [-0.2, 0) is 17.6 Å². The Bertz CT molecular complexity index is 1020. The van der Waals surface area contributed by atoms with E-state index >= 15 is 0 Å². The summed E-state index contributed by atoms with van der Waals surface area (Å²) in [7, 11) is 0. The normalized spacial score (nSPS) is 12.1. The third-order valence-electron chi connectivity index (χ3n) is 6.50. The van der Waals surface area contributed by atoms with Gasteiger partial charge in [-0.2, -0.15) is 0 Å². The lowest BCUT2D eigenvalue weighted by Gasteiger charge is -2.20. The summed E-state index contributed by atoms with van der Waals surface area (Å²) in [5, 5.41) is 3.28. The minimum absolute atomic E-state index is 0.0270. The zero-order valence-corrected chi connectivity index (χ0v) is 21.5. The van der Waals surface area contributed by atoms with Gasteiger partial charge in [0.05, 0.1) is 6.04 Å². The van der Waals surface area contributed by atoms with Crippen LogP contribution in [0, 0.1) is 6.92 Å². The number of benzene rings is 3. The number of rotatable bonds is 14. The van der Waals surface area contributed by atoms with Gasteiger partial charge >= 0.3 is 0 Å². The molecule has 0 saturated heterocycles. The highest BCUT2D eigenvalue weighted by molar-refractivity contribution is 5.76. The fourth-order valence-corrected chi connectivity index (χ4v) is 4.30. The molecule has 0 aliphatic heterocycles. The summed E-state index contributed by atoms with van der Waals surface area (Å²) in [6.45, 7) is 4.35. The van der Waals surface area contributed by atoms with Crippen molar-refractivity contribution in [3.63, 3.8) is 0 Å². The van der Waals surface area contributed by atoms with Crippen molar-refractivity contribution >= 4 is 12.0 Å². The van der Waals surface area contributed by atoms with E-state index in [4.69, 9.17) is 0 Å². The smallest absolute Gasteiger partial charge is 0.220 e. The number of hydrogen-bond donors (Lipinski definition) is 1. The lowest BCUT2D eigenvalue weighted by molar-refractivity contribution is -0.121. The molecule has 0 bridgehead atoms. The van der Waals surface area contributed by atoms with Crippen molar-refractivity contribution in [1.82, 2.24) is 5.32 Å². The van der Waals surface area contributed by atoms with Gasteiger partial charge in [0.25, 0.3) is 0 Å². The second-order valence-electron chi connectivity index (χ2n) is 9.57. The fraction of sp³-hybridized carbons (Fsp3) is 0.364. The van der Waals surface area contributed by atoms with Crippen LogP contribution in [0.4, 0.5) is 0 Å². The molecule has 0 radical (unpaired) electrons. The first-order valence-electron chi connectivity index (χ1n) is 13.3. The average molecular weight is 468 g/mol. The molecule has 2 nitrogen and oxygen atoms in total. The van der Waals surface area contributed by atoms with Crippen molar-refractivity contribution in [2.75, 3.05) is 0 Å². The van der Waals surface area contributed by atoms with Gasteiger partial charge in [-0.15, -0.1) is 0 Å². The van der Waals surface area contributed by atoms with Crippen molar-refractivity contribution in [2.24, 2.45) is 0 Å². The molecule has 0 spiro atoms. The van der Waals surface area contributed by atoms with E-state index in [1.165, 1.54) is 54.4 Å². The Morgan fingerprint density at radius 3 is 2.23 bits per heavy atom. The lowest BCUT2D eigenvalue weighted by atomic mass is 9.98. The second kappa shape index (κ2) is 15.0. The Balaban J connectivity index is 1.48. The molecule has 1 amide bonds. The van der Waals surface area contributed by atoms with E-state index in [1.807, 2.05) is 18.2 Å². The maximum absolute atomic E-state index is 12.9. The fourth-order valence-electron chi connectivity index (χ4n) is 4.30. The Morgan fingerprint density at radius 1 is 0.829 bits per heavy atom. The van der Waals surface area contributed by atoms with Gasteiger partial charge in [0.15, 0.2) is 0 Å². The SMILES string of the molecule is CCCCCCCC=Cc1ccc(CCC(=O)NC(Cc2ccc(C)cc2)c2ccccc2)cc1. The van der Waals surface area contributed by atoms with Gasteiger partial charge in [-0.3, -0.25) is 4.79 Å². The molecule has 1 unspecified atom stereocenters. The summed E-state index contributed by atoms with van der Waals surface area (Å²) < 4.78 is 0. The van der Waals surface area contributed by atoms with E-state index in [1.54, 1.807) is 0 Å². The number of hydrogen-bond acceptors (Lipinski definition) is 1. The molecule has 3 rings (SSSR count). The average Bonchev–Trinajstić information content (AvgIpc) is 2.89. The summed E-state index contributed by atoms with van der Waals surface area (Å²) >= 11 is 0. The van der Waals surface area contributed by atoms with Crippen LogP contribution in [0.25, 0.3) is 6.08 Å². The number of allylic oxidation sites excluding steroid dienone is 1. The minimum Gasteiger partial charge on any atom is -0.349 e.